The summed E-state index contributed by atoms with van der Waals surface area (Å²) in [5.41, 5.74) is 8.85. The lowest BCUT2D eigenvalue weighted by atomic mass is 9.71. The minimum atomic E-state index is -0.577. The lowest BCUT2D eigenvalue weighted by Crippen LogP contribution is -2.60. The number of hydrogen-bond donors (Lipinski definition) is 1. The maximum atomic E-state index is 6.98. The summed E-state index contributed by atoms with van der Waals surface area (Å²) < 4.78 is 8.70. The standard InChI is InChI=1S/C25H29Cl2N2O/c1-4-11-25(28)14-21(17-7-6-8-20(27)13-17)23-18(9-10-19(26)5-2)12-16(3)22-15-30-24(25)29(22)23/h4-10,12-13,16,21-23H,1,11,14-15,28H2,2-3H3/q+1/b10-9-,19-5+/t16?,21-,22-,23?,25-/m1/s1. The van der Waals surface area contributed by atoms with Gasteiger partial charge in [-0.2, -0.15) is 4.58 Å². The Bertz CT molecular complexity index is 977. The van der Waals surface area contributed by atoms with E-state index in [0.717, 1.165) is 22.4 Å². The van der Waals surface area contributed by atoms with Gasteiger partial charge in [-0.1, -0.05) is 66.6 Å². The summed E-state index contributed by atoms with van der Waals surface area (Å²) in [6.45, 7) is 8.80. The van der Waals surface area contributed by atoms with Crippen molar-refractivity contribution in [3.05, 3.63) is 82.4 Å². The van der Waals surface area contributed by atoms with E-state index in [0.29, 0.717) is 18.9 Å². The molecule has 2 unspecified atom stereocenters. The van der Waals surface area contributed by atoms with Crippen LogP contribution in [0.4, 0.5) is 0 Å². The molecule has 5 atom stereocenters. The Kier molecular flexibility index (Phi) is 5.98. The highest BCUT2D eigenvalue weighted by Crippen LogP contribution is 2.45. The molecule has 2 N–H and O–H groups in total. The molecule has 0 saturated heterocycles. The van der Waals surface area contributed by atoms with Crippen LogP contribution in [0.2, 0.25) is 5.02 Å². The summed E-state index contributed by atoms with van der Waals surface area (Å²) in [4.78, 5) is 0. The SMILES string of the molecule is C=CC[C@@]1(N)C[C@H](c2cccc(Cl)c2)C2C(/C=C\C(Cl)=C/C)=CC(C)[C@H]3COC1=[N+]23. The Morgan fingerprint density at radius 3 is 2.93 bits per heavy atom. The zero-order valence-electron chi connectivity index (χ0n) is 17.5. The fourth-order valence-electron chi connectivity index (χ4n) is 5.19. The number of benzene rings is 1. The van der Waals surface area contributed by atoms with E-state index in [1.165, 1.54) is 11.1 Å². The highest BCUT2D eigenvalue weighted by molar-refractivity contribution is 6.31. The smallest absolute Gasteiger partial charge is 0.358 e. The normalized spacial score (nSPS) is 33.4. The molecule has 0 fully saturated rings. The Balaban J connectivity index is 1.90. The average molecular weight is 444 g/mol. The summed E-state index contributed by atoms with van der Waals surface area (Å²) in [6.07, 6.45) is 11.7. The van der Waals surface area contributed by atoms with Crippen molar-refractivity contribution in [1.82, 2.24) is 0 Å². The molecule has 3 heterocycles. The first-order valence-electron chi connectivity index (χ1n) is 10.5. The maximum Gasteiger partial charge on any atom is 0.358 e. The van der Waals surface area contributed by atoms with Crippen molar-refractivity contribution in [1.29, 1.82) is 0 Å². The molecular weight excluding hydrogens is 415 g/mol. The van der Waals surface area contributed by atoms with Gasteiger partial charge in [0.1, 0.15) is 5.54 Å². The van der Waals surface area contributed by atoms with Crippen molar-refractivity contribution < 1.29 is 9.31 Å². The number of allylic oxidation sites excluding steroid dienone is 3. The molecule has 0 saturated carbocycles. The number of nitrogens with two attached hydrogens (primary N) is 1. The van der Waals surface area contributed by atoms with Gasteiger partial charge in [0.15, 0.2) is 18.7 Å². The van der Waals surface area contributed by atoms with E-state index in [2.05, 4.69) is 42.4 Å². The van der Waals surface area contributed by atoms with Crippen LogP contribution in [0.1, 0.15) is 38.2 Å². The Morgan fingerprint density at radius 2 is 2.23 bits per heavy atom. The summed E-state index contributed by atoms with van der Waals surface area (Å²) in [5.74, 6) is 1.42. The van der Waals surface area contributed by atoms with Crippen molar-refractivity contribution in [2.24, 2.45) is 11.7 Å². The van der Waals surface area contributed by atoms with E-state index in [1.54, 1.807) is 0 Å². The van der Waals surface area contributed by atoms with Crippen molar-refractivity contribution in [2.45, 2.75) is 50.2 Å². The number of rotatable bonds is 5. The maximum absolute atomic E-state index is 6.98. The number of nitrogens with zero attached hydrogens (tertiary/aromatic N) is 1. The predicted molar refractivity (Wildman–Crippen MR) is 125 cm³/mol. The first-order chi connectivity index (χ1) is 14.4. The molecular formula is C25H29Cl2N2O+. The van der Waals surface area contributed by atoms with E-state index < -0.39 is 5.54 Å². The largest absolute Gasteiger partial charge is 0.440 e. The Hall–Kier alpha value is -1.81. The number of ether oxygens (including phenoxy) is 1. The molecule has 1 aromatic carbocycles. The second-order valence-electron chi connectivity index (χ2n) is 8.58. The lowest BCUT2D eigenvalue weighted by molar-refractivity contribution is -0.602. The van der Waals surface area contributed by atoms with Gasteiger partial charge < -0.3 is 10.5 Å². The van der Waals surface area contributed by atoms with Crippen LogP contribution >= 0.6 is 23.2 Å². The fraction of sp³-hybridized carbons (Fsp3) is 0.400. The second-order valence-corrected chi connectivity index (χ2v) is 9.46. The highest BCUT2D eigenvalue weighted by Gasteiger charge is 2.60. The summed E-state index contributed by atoms with van der Waals surface area (Å²) in [7, 11) is 0. The third-order valence-corrected chi connectivity index (χ3v) is 7.15. The third kappa shape index (κ3) is 3.68. The zero-order chi connectivity index (χ0) is 21.5. The molecule has 0 radical (unpaired) electrons. The van der Waals surface area contributed by atoms with Gasteiger partial charge in [-0.3, -0.25) is 0 Å². The third-order valence-electron chi connectivity index (χ3n) is 6.57. The van der Waals surface area contributed by atoms with E-state index in [9.17, 15) is 0 Å². The van der Waals surface area contributed by atoms with Crippen LogP contribution in [-0.4, -0.2) is 34.7 Å². The van der Waals surface area contributed by atoms with E-state index in [-0.39, 0.29) is 18.0 Å². The topological polar surface area (TPSA) is 38.3 Å². The number of hydrogen-bond acceptors (Lipinski definition) is 2. The van der Waals surface area contributed by atoms with Gasteiger partial charge in [-0.05, 0) is 43.5 Å². The zero-order valence-corrected chi connectivity index (χ0v) is 19.0. The van der Waals surface area contributed by atoms with Gasteiger partial charge in [0, 0.05) is 21.5 Å². The Morgan fingerprint density at radius 1 is 1.43 bits per heavy atom. The first-order valence-corrected chi connectivity index (χ1v) is 11.3. The Labute approximate surface area is 189 Å². The quantitative estimate of drug-likeness (QED) is 0.367. The van der Waals surface area contributed by atoms with Crippen LogP contribution < -0.4 is 5.73 Å². The average Bonchev–Trinajstić information content (AvgIpc) is 3.18. The summed E-state index contributed by atoms with van der Waals surface area (Å²) in [6, 6.07) is 8.55. The molecule has 3 nitrogen and oxygen atoms in total. The highest BCUT2D eigenvalue weighted by atomic mass is 35.5. The van der Waals surface area contributed by atoms with Crippen LogP contribution in [0.5, 0.6) is 0 Å². The molecule has 4 rings (SSSR count). The second kappa shape index (κ2) is 8.37. The molecule has 5 heteroatoms. The van der Waals surface area contributed by atoms with Gasteiger partial charge >= 0.3 is 5.90 Å². The van der Waals surface area contributed by atoms with E-state index in [1.807, 2.05) is 37.3 Å². The molecule has 0 aromatic heterocycles. The van der Waals surface area contributed by atoms with Crippen LogP contribution in [0.15, 0.2) is 71.8 Å². The van der Waals surface area contributed by atoms with Gasteiger partial charge in [0.2, 0.25) is 0 Å². The first kappa shape index (κ1) is 21.4. The minimum absolute atomic E-state index is 0.126. The molecule has 0 aliphatic carbocycles. The molecule has 3 aliphatic rings. The van der Waals surface area contributed by atoms with Gasteiger partial charge in [-0.25, -0.2) is 0 Å². The van der Waals surface area contributed by atoms with Gasteiger partial charge in [-0.15, -0.1) is 6.58 Å². The molecule has 0 bridgehead atoms. The molecule has 1 aromatic rings. The summed E-state index contributed by atoms with van der Waals surface area (Å²) >= 11 is 12.7. The van der Waals surface area contributed by atoms with Crippen molar-refractivity contribution in [2.75, 3.05) is 6.61 Å². The van der Waals surface area contributed by atoms with Crippen LogP contribution in [0.25, 0.3) is 0 Å². The molecule has 3 aliphatic heterocycles. The molecule has 0 spiro atoms. The van der Waals surface area contributed by atoms with Crippen LogP contribution in [-0.2, 0) is 4.74 Å². The van der Waals surface area contributed by atoms with Crippen LogP contribution in [0.3, 0.4) is 0 Å². The predicted octanol–water partition coefficient (Wildman–Crippen LogP) is 5.55. The fourth-order valence-corrected chi connectivity index (χ4v) is 5.45. The van der Waals surface area contributed by atoms with Crippen molar-refractivity contribution in [3.8, 4) is 0 Å². The van der Waals surface area contributed by atoms with Crippen LogP contribution in [0, 0.1) is 5.92 Å². The van der Waals surface area contributed by atoms with Crippen molar-refractivity contribution in [3.63, 3.8) is 0 Å². The molecule has 30 heavy (non-hydrogen) atoms. The van der Waals surface area contributed by atoms with E-state index >= 15 is 0 Å². The van der Waals surface area contributed by atoms with Gasteiger partial charge in [0.05, 0.1) is 5.92 Å². The van der Waals surface area contributed by atoms with Gasteiger partial charge in [0.25, 0.3) is 0 Å². The lowest BCUT2D eigenvalue weighted by Gasteiger charge is -2.40. The molecule has 0 amide bonds. The monoisotopic (exact) mass is 443 g/mol. The number of halogens is 2. The minimum Gasteiger partial charge on any atom is -0.440 e. The molecule has 158 valence electrons. The van der Waals surface area contributed by atoms with E-state index in [4.69, 9.17) is 33.7 Å². The van der Waals surface area contributed by atoms with Crippen molar-refractivity contribution >= 4 is 29.1 Å². The summed E-state index contributed by atoms with van der Waals surface area (Å²) in [5, 5.41) is 1.47.